The molecule has 2 aromatic heterocycles. The fourth-order valence-electron chi connectivity index (χ4n) is 2.10. The highest BCUT2D eigenvalue weighted by atomic mass is 35.5. The Morgan fingerprint density at radius 2 is 2.14 bits per heavy atom. The molecule has 0 atom stereocenters. The van der Waals surface area contributed by atoms with Crippen LogP contribution in [-0.4, -0.2) is 26.7 Å². The molecule has 0 bridgehead atoms. The van der Waals surface area contributed by atoms with Gasteiger partial charge in [-0.1, -0.05) is 35.9 Å². The molecule has 0 fully saturated rings. The molecule has 0 aliphatic heterocycles. The Bertz CT molecular complexity index is 758. The molecule has 0 aliphatic carbocycles. The zero-order valence-corrected chi connectivity index (χ0v) is 12.2. The Balaban J connectivity index is 1.80. The molecule has 0 amide bonds. The van der Waals surface area contributed by atoms with Gasteiger partial charge < -0.3 is 10.1 Å². The number of anilines is 1. The molecule has 0 spiro atoms. The zero-order chi connectivity index (χ0) is 14.7. The van der Waals surface area contributed by atoms with Crippen LogP contribution in [0.25, 0.3) is 5.78 Å². The third kappa shape index (κ3) is 3.12. The summed E-state index contributed by atoms with van der Waals surface area (Å²) in [6.45, 7) is 1.25. The molecule has 3 aromatic rings. The fourth-order valence-corrected chi connectivity index (χ4v) is 2.28. The minimum absolute atomic E-state index is 0.381. The Kier molecular flexibility index (Phi) is 3.98. The third-order valence-electron chi connectivity index (χ3n) is 3.00. The summed E-state index contributed by atoms with van der Waals surface area (Å²) < 4.78 is 6.76. The Labute approximate surface area is 126 Å². The summed E-state index contributed by atoms with van der Waals surface area (Å²) in [7, 11) is 1.69. The first-order chi connectivity index (χ1) is 10.3. The van der Waals surface area contributed by atoms with Crippen LogP contribution < -0.4 is 5.32 Å². The smallest absolute Gasteiger partial charge is 0.255 e. The van der Waals surface area contributed by atoms with Crippen LogP contribution in [-0.2, 0) is 17.9 Å². The molecular weight excluding hydrogens is 290 g/mol. The van der Waals surface area contributed by atoms with E-state index < -0.39 is 0 Å². The van der Waals surface area contributed by atoms with E-state index in [2.05, 4.69) is 26.4 Å². The minimum Gasteiger partial charge on any atom is -0.380 e. The number of fused-ring (bicyclic) bond motifs is 1. The van der Waals surface area contributed by atoms with E-state index in [1.165, 1.54) is 6.33 Å². The van der Waals surface area contributed by atoms with Crippen molar-refractivity contribution < 1.29 is 4.74 Å². The van der Waals surface area contributed by atoms with Crippen molar-refractivity contribution in [3.8, 4) is 0 Å². The molecular formula is C14H14ClN5O. The van der Waals surface area contributed by atoms with Crippen LogP contribution in [0.15, 0.2) is 36.7 Å². The minimum atomic E-state index is 0.381. The number of methoxy groups -OCH3 is 1. The summed E-state index contributed by atoms with van der Waals surface area (Å²) in [5.74, 6) is 1.22. The number of rotatable bonds is 5. The SMILES string of the molecule is COCc1cccc(CNc2cc(Cl)nc3ncnn23)c1. The van der Waals surface area contributed by atoms with Crippen LogP contribution in [0.5, 0.6) is 0 Å². The second kappa shape index (κ2) is 6.07. The third-order valence-corrected chi connectivity index (χ3v) is 3.19. The lowest BCUT2D eigenvalue weighted by atomic mass is 10.1. The van der Waals surface area contributed by atoms with Crippen LogP contribution in [0.2, 0.25) is 5.15 Å². The van der Waals surface area contributed by atoms with Gasteiger partial charge >= 0.3 is 0 Å². The lowest BCUT2D eigenvalue weighted by Gasteiger charge is -2.09. The number of benzene rings is 1. The van der Waals surface area contributed by atoms with E-state index in [4.69, 9.17) is 16.3 Å². The largest absolute Gasteiger partial charge is 0.380 e. The molecule has 3 rings (SSSR count). The maximum absolute atomic E-state index is 5.98. The van der Waals surface area contributed by atoms with Gasteiger partial charge in [0.15, 0.2) is 0 Å². The molecule has 21 heavy (non-hydrogen) atoms. The van der Waals surface area contributed by atoms with Crippen LogP contribution in [0.1, 0.15) is 11.1 Å². The van der Waals surface area contributed by atoms with E-state index >= 15 is 0 Å². The topological polar surface area (TPSA) is 64.3 Å². The molecule has 0 saturated carbocycles. The van der Waals surface area contributed by atoms with Gasteiger partial charge in [-0.3, -0.25) is 0 Å². The number of aromatic nitrogens is 4. The molecule has 0 aliphatic rings. The number of hydrogen-bond donors (Lipinski definition) is 1. The van der Waals surface area contributed by atoms with Gasteiger partial charge in [-0.25, -0.2) is 0 Å². The van der Waals surface area contributed by atoms with Crippen molar-refractivity contribution in [2.75, 3.05) is 12.4 Å². The summed E-state index contributed by atoms with van der Waals surface area (Å²) in [5.41, 5.74) is 2.28. The first-order valence-electron chi connectivity index (χ1n) is 6.43. The average molecular weight is 304 g/mol. The summed E-state index contributed by atoms with van der Waals surface area (Å²) >= 11 is 5.98. The van der Waals surface area contributed by atoms with Gasteiger partial charge in [0.2, 0.25) is 0 Å². The lowest BCUT2D eigenvalue weighted by Crippen LogP contribution is -2.06. The normalized spacial score (nSPS) is 11.0. The molecule has 0 saturated heterocycles. The Hall–Kier alpha value is -2.18. The maximum Gasteiger partial charge on any atom is 0.255 e. The fraction of sp³-hybridized carbons (Fsp3) is 0.214. The lowest BCUT2D eigenvalue weighted by molar-refractivity contribution is 0.185. The molecule has 7 heteroatoms. The second-order valence-corrected chi connectivity index (χ2v) is 4.93. The zero-order valence-electron chi connectivity index (χ0n) is 11.5. The Morgan fingerprint density at radius 1 is 1.29 bits per heavy atom. The summed E-state index contributed by atoms with van der Waals surface area (Å²) in [4.78, 5) is 8.12. The van der Waals surface area contributed by atoms with Crippen molar-refractivity contribution in [1.82, 2.24) is 19.6 Å². The highest BCUT2D eigenvalue weighted by molar-refractivity contribution is 6.29. The van der Waals surface area contributed by atoms with Crippen LogP contribution in [0.3, 0.4) is 0 Å². The summed E-state index contributed by atoms with van der Waals surface area (Å²) in [6.07, 6.45) is 1.45. The molecule has 108 valence electrons. The van der Waals surface area contributed by atoms with Gasteiger partial charge in [-0.15, -0.1) is 0 Å². The van der Waals surface area contributed by atoms with E-state index in [0.29, 0.717) is 24.1 Å². The van der Waals surface area contributed by atoms with Crippen molar-refractivity contribution in [3.63, 3.8) is 0 Å². The quantitative estimate of drug-likeness (QED) is 0.734. The maximum atomic E-state index is 5.98. The Morgan fingerprint density at radius 3 is 3.00 bits per heavy atom. The van der Waals surface area contributed by atoms with Crippen molar-refractivity contribution >= 4 is 23.2 Å². The van der Waals surface area contributed by atoms with Crippen LogP contribution in [0, 0.1) is 0 Å². The first-order valence-corrected chi connectivity index (χ1v) is 6.81. The number of ether oxygens (including phenoxy) is 1. The number of halogens is 1. The van der Waals surface area contributed by atoms with Crippen molar-refractivity contribution in [2.45, 2.75) is 13.2 Å². The van der Waals surface area contributed by atoms with Crippen molar-refractivity contribution in [2.24, 2.45) is 0 Å². The van der Waals surface area contributed by atoms with E-state index in [9.17, 15) is 0 Å². The van der Waals surface area contributed by atoms with E-state index in [0.717, 1.165) is 16.9 Å². The van der Waals surface area contributed by atoms with E-state index in [-0.39, 0.29) is 0 Å². The predicted octanol–water partition coefficient (Wildman–Crippen LogP) is 2.54. The number of nitrogens with one attached hydrogen (secondary N) is 1. The predicted molar refractivity (Wildman–Crippen MR) is 80.3 cm³/mol. The van der Waals surface area contributed by atoms with Gasteiger partial charge in [0.05, 0.1) is 6.61 Å². The van der Waals surface area contributed by atoms with Crippen molar-refractivity contribution in [3.05, 3.63) is 52.9 Å². The van der Waals surface area contributed by atoms with Gasteiger partial charge in [0.25, 0.3) is 5.78 Å². The van der Waals surface area contributed by atoms with Crippen molar-refractivity contribution in [1.29, 1.82) is 0 Å². The van der Waals surface area contributed by atoms with Crippen LogP contribution >= 0.6 is 11.6 Å². The van der Waals surface area contributed by atoms with E-state index in [1.807, 2.05) is 18.2 Å². The molecule has 2 heterocycles. The number of nitrogens with zero attached hydrogens (tertiary/aromatic N) is 4. The monoisotopic (exact) mass is 303 g/mol. The summed E-state index contributed by atoms with van der Waals surface area (Å²) in [5, 5.41) is 7.80. The standard InChI is InChI=1S/C14H14ClN5O/c1-21-8-11-4-2-3-10(5-11)7-16-13-6-12(15)19-14-17-9-18-20(13)14/h2-6,9,16H,7-8H2,1H3. The molecule has 0 unspecified atom stereocenters. The molecule has 1 aromatic carbocycles. The average Bonchev–Trinajstić information content (AvgIpc) is 2.93. The van der Waals surface area contributed by atoms with Gasteiger partial charge in [-0.05, 0) is 11.1 Å². The number of hydrogen-bond acceptors (Lipinski definition) is 5. The highest BCUT2D eigenvalue weighted by Crippen LogP contribution is 2.16. The summed E-state index contributed by atoms with van der Waals surface area (Å²) in [6, 6.07) is 9.91. The second-order valence-electron chi connectivity index (χ2n) is 4.54. The molecule has 6 nitrogen and oxygen atoms in total. The molecule has 1 N–H and O–H groups in total. The van der Waals surface area contributed by atoms with Crippen LogP contribution in [0.4, 0.5) is 5.82 Å². The van der Waals surface area contributed by atoms with E-state index in [1.54, 1.807) is 17.7 Å². The van der Waals surface area contributed by atoms with Gasteiger partial charge in [-0.2, -0.15) is 19.6 Å². The van der Waals surface area contributed by atoms with Gasteiger partial charge in [0, 0.05) is 19.7 Å². The molecule has 0 radical (unpaired) electrons. The highest BCUT2D eigenvalue weighted by Gasteiger charge is 2.06. The van der Waals surface area contributed by atoms with Gasteiger partial charge in [0.1, 0.15) is 17.3 Å². The first kappa shape index (κ1) is 13.8.